The van der Waals surface area contributed by atoms with Crippen molar-refractivity contribution < 1.29 is 4.74 Å². The van der Waals surface area contributed by atoms with Crippen molar-refractivity contribution in [2.75, 3.05) is 12.5 Å². The molecule has 0 aliphatic rings. The summed E-state index contributed by atoms with van der Waals surface area (Å²) in [4.78, 5) is 2.35. The number of thioether (sulfide) groups is 2. The van der Waals surface area contributed by atoms with Crippen LogP contribution in [0.2, 0.25) is 0 Å². The molecule has 0 radical (unpaired) electrons. The first-order valence-electron chi connectivity index (χ1n) is 6.11. The van der Waals surface area contributed by atoms with E-state index < -0.39 is 0 Å². The van der Waals surface area contributed by atoms with Crippen molar-refractivity contribution in [3.8, 4) is 11.5 Å². The van der Waals surface area contributed by atoms with E-state index in [1.54, 1.807) is 23.5 Å². The minimum Gasteiger partial charge on any atom is -0.455 e. The monoisotopic (exact) mass is 290 g/mol. The summed E-state index contributed by atoms with van der Waals surface area (Å²) in [5.41, 5.74) is 2.51. The summed E-state index contributed by atoms with van der Waals surface area (Å²) in [5.74, 6) is 1.86. The van der Waals surface area contributed by atoms with Gasteiger partial charge in [-0.25, -0.2) is 0 Å². The highest BCUT2D eigenvalue weighted by Crippen LogP contribution is 2.36. The Hall–Kier alpha value is -1.06. The molecule has 0 spiro atoms. The van der Waals surface area contributed by atoms with Gasteiger partial charge in [-0.3, -0.25) is 0 Å². The molecule has 2 aromatic carbocycles. The molecule has 0 atom stereocenters. The molecule has 2 aromatic rings. The van der Waals surface area contributed by atoms with E-state index in [0.717, 1.165) is 11.5 Å². The first kappa shape index (κ1) is 14.4. The van der Waals surface area contributed by atoms with E-state index in [1.807, 2.05) is 12.1 Å². The van der Waals surface area contributed by atoms with Gasteiger partial charge >= 0.3 is 0 Å². The van der Waals surface area contributed by atoms with Gasteiger partial charge in [0.2, 0.25) is 0 Å². The molecular weight excluding hydrogens is 272 g/mol. The van der Waals surface area contributed by atoms with Crippen LogP contribution in [0.4, 0.5) is 0 Å². The van der Waals surface area contributed by atoms with E-state index in [-0.39, 0.29) is 0 Å². The van der Waals surface area contributed by atoms with Gasteiger partial charge in [-0.15, -0.1) is 23.5 Å². The summed E-state index contributed by atoms with van der Waals surface area (Å²) in [5, 5.41) is 0. The summed E-state index contributed by atoms with van der Waals surface area (Å²) < 4.78 is 6.09. The van der Waals surface area contributed by atoms with Gasteiger partial charge < -0.3 is 4.74 Å². The number of aryl methyl sites for hydroxylation is 2. The fourth-order valence-corrected chi connectivity index (χ4v) is 3.07. The lowest BCUT2D eigenvalue weighted by atomic mass is 10.2. The van der Waals surface area contributed by atoms with Crippen LogP contribution in [0.25, 0.3) is 0 Å². The van der Waals surface area contributed by atoms with Crippen LogP contribution in [0.5, 0.6) is 11.5 Å². The molecular formula is C16H18OS2. The van der Waals surface area contributed by atoms with Crippen molar-refractivity contribution in [2.24, 2.45) is 0 Å². The SMILES string of the molecule is CSc1cc(C)ccc1Oc1ccc(C)cc1SC. The molecule has 100 valence electrons. The van der Waals surface area contributed by atoms with Gasteiger partial charge in [-0.1, -0.05) is 12.1 Å². The fraction of sp³-hybridized carbons (Fsp3) is 0.250. The van der Waals surface area contributed by atoms with Crippen LogP contribution < -0.4 is 4.74 Å². The van der Waals surface area contributed by atoms with E-state index in [2.05, 4.69) is 50.6 Å². The number of benzene rings is 2. The topological polar surface area (TPSA) is 9.23 Å². The molecule has 0 saturated heterocycles. The average Bonchev–Trinajstić information content (AvgIpc) is 2.42. The minimum absolute atomic E-state index is 0.928. The van der Waals surface area contributed by atoms with Crippen molar-refractivity contribution >= 4 is 23.5 Å². The fourth-order valence-electron chi connectivity index (χ4n) is 1.84. The Balaban J connectivity index is 2.36. The first-order chi connectivity index (χ1) is 9.13. The lowest BCUT2D eigenvalue weighted by Gasteiger charge is -2.13. The maximum Gasteiger partial charge on any atom is 0.141 e. The highest BCUT2D eigenvalue weighted by atomic mass is 32.2. The summed E-state index contributed by atoms with van der Waals surface area (Å²) in [6.45, 7) is 4.20. The van der Waals surface area contributed by atoms with Crippen LogP contribution in [0, 0.1) is 13.8 Å². The molecule has 0 saturated carbocycles. The third-order valence-corrected chi connectivity index (χ3v) is 4.38. The molecule has 1 nitrogen and oxygen atoms in total. The van der Waals surface area contributed by atoms with Crippen molar-refractivity contribution in [2.45, 2.75) is 23.6 Å². The molecule has 0 N–H and O–H groups in total. The Kier molecular flexibility index (Phi) is 4.83. The normalized spacial score (nSPS) is 10.5. The van der Waals surface area contributed by atoms with Crippen molar-refractivity contribution in [1.29, 1.82) is 0 Å². The Morgan fingerprint density at radius 3 is 1.53 bits per heavy atom. The molecule has 0 aromatic heterocycles. The van der Waals surface area contributed by atoms with Crippen LogP contribution >= 0.6 is 23.5 Å². The second kappa shape index (κ2) is 6.40. The third-order valence-electron chi connectivity index (χ3n) is 2.86. The summed E-state index contributed by atoms with van der Waals surface area (Å²) >= 11 is 3.43. The Bertz CT molecular complexity index is 527. The van der Waals surface area contributed by atoms with Crippen LogP contribution in [0.15, 0.2) is 46.2 Å². The molecule has 19 heavy (non-hydrogen) atoms. The number of hydrogen-bond acceptors (Lipinski definition) is 3. The maximum absolute atomic E-state index is 6.09. The van der Waals surface area contributed by atoms with E-state index in [0.29, 0.717) is 0 Å². The largest absolute Gasteiger partial charge is 0.455 e. The number of rotatable bonds is 4. The standard InChI is InChI=1S/C16H18OS2/c1-11-5-7-13(15(9-11)18-3)17-14-8-6-12(2)10-16(14)19-4/h5-10H,1-4H3. The third kappa shape index (κ3) is 3.48. The predicted octanol–water partition coefficient (Wildman–Crippen LogP) is 5.54. The van der Waals surface area contributed by atoms with Crippen molar-refractivity contribution in [3.05, 3.63) is 47.5 Å². The average molecular weight is 290 g/mol. The van der Waals surface area contributed by atoms with Gasteiger partial charge in [0.05, 0.1) is 9.79 Å². The second-order valence-corrected chi connectivity index (χ2v) is 6.11. The zero-order chi connectivity index (χ0) is 13.8. The Morgan fingerprint density at radius 2 is 1.16 bits per heavy atom. The van der Waals surface area contributed by atoms with Gasteiger partial charge in [0.1, 0.15) is 11.5 Å². The van der Waals surface area contributed by atoms with Crippen LogP contribution in [0.1, 0.15) is 11.1 Å². The summed E-state index contributed by atoms with van der Waals surface area (Å²) in [6, 6.07) is 12.6. The maximum atomic E-state index is 6.09. The van der Waals surface area contributed by atoms with Crippen LogP contribution in [-0.4, -0.2) is 12.5 Å². The molecule has 0 aliphatic carbocycles. The minimum atomic E-state index is 0.928. The molecule has 0 bridgehead atoms. The lowest BCUT2D eigenvalue weighted by molar-refractivity contribution is 0.460. The zero-order valence-electron chi connectivity index (χ0n) is 11.7. The molecule has 0 amide bonds. The molecule has 3 heteroatoms. The van der Waals surface area contributed by atoms with Gasteiger partial charge in [0, 0.05) is 0 Å². The molecule has 0 fully saturated rings. The lowest BCUT2D eigenvalue weighted by Crippen LogP contribution is -1.90. The molecule has 2 rings (SSSR count). The van der Waals surface area contributed by atoms with Crippen molar-refractivity contribution in [1.82, 2.24) is 0 Å². The van der Waals surface area contributed by atoms with Gasteiger partial charge in [-0.05, 0) is 61.8 Å². The quantitative estimate of drug-likeness (QED) is 0.684. The van der Waals surface area contributed by atoms with E-state index in [4.69, 9.17) is 4.74 Å². The first-order valence-corrected chi connectivity index (χ1v) is 8.56. The second-order valence-electron chi connectivity index (χ2n) is 4.41. The molecule has 0 heterocycles. The van der Waals surface area contributed by atoms with Gasteiger partial charge in [-0.2, -0.15) is 0 Å². The highest BCUT2D eigenvalue weighted by molar-refractivity contribution is 7.99. The summed E-state index contributed by atoms with van der Waals surface area (Å²) in [7, 11) is 0. The Morgan fingerprint density at radius 1 is 0.737 bits per heavy atom. The van der Waals surface area contributed by atoms with E-state index in [9.17, 15) is 0 Å². The van der Waals surface area contributed by atoms with Gasteiger partial charge in [0.25, 0.3) is 0 Å². The highest BCUT2D eigenvalue weighted by Gasteiger charge is 2.08. The number of ether oxygens (including phenoxy) is 1. The van der Waals surface area contributed by atoms with E-state index in [1.165, 1.54) is 20.9 Å². The summed E-state index contributed by atoms with van der Waals surface area (Å²) in [6.07, 6.45) is 4.15. The van der Waals surface area contributed by atoms with Crippen LogP contribution in [0.3, 0.4) is 0 Å². The van der Waals surface area contributed by atoms with Gasteiger partial charge in [0.15, 0.2) is 0 Å². The Labute approximate surface area is 123 Å². The zero-order valence-corrected chi connectivity index (χ0v) is 13.3. The van der Waals surface area contributed by atoms with Crippen LogP contribution in [-0.2, 0) is 0 Å². The smallest absolute Gasteiger partial charge is 0.141 e. The number of hydrogen-bond donors (Lipinski definition) is 0. The molecule has 0 unspecified atom stereocenters. The van der Waals surface area contributed by atoms with Crippen molar-refractivity contribution in [3.63, 3.8) is 0 Å². The molecule has 0 aliphatic heterocycles. The van der Waals surface area contributed by atoms with E-state index >= 15 is 0 Å². The predicted molar refractivity (Wildman–Crippen MR) is 86.0 cm³/mol.